The molecule has 26 heavy (non-hydrogen) atoms. The van der Waals surface area contributed by atoms with Crippen LogP contribution in [0.5, 0.6) is 0 Å². The molecule has 0 N–H and O–H groups in total. The van der Waals surface area contributed by atoms with Crippen molar-refractivity contribution in [2.75, 3.05) is 0 Å². The van der Waals surface area contributed by atoms with Crippen molar-refractivity contribution < 1.29 is 4.79 Å². The predicted molar refractivity (Wildman–Crippen MR) is 101 cm³/mol. The van der Waals surface area contributed by atoms with Crippen LogP contribution in [0, 0.1) is 5.92 Å². The van der Waals surface area contributed by atoms with Crippen LogP contribution in [0.3, 0.4) is 0 Å². The van der Waals surface area contributed by atoms with Crippen LogP contribution in [0.4, 0.5) is 0 Å². The van der Waals surface area contributed by atoms with Crippen molar-refractivity contribution in [3.05, 3.63) is 46.6 Å². The molecule has 1 aliphatic rings. The third-order valence-corrected chi connectivity index (χ3v) is 5.68. The number of rotatable bonds is 0. The summed E-state index contributed by atoms with van der Waals surface area (Å²) in [7, 11) is 0. The molecule has 1 aliphatic carbocycles. The number of halogens is 1. The van der Waals surface area contributed by atoms with Crippen LogP contribution in [-0.2, 0) is 6.42 Å². The number of hydrogen-bond acceptors (Lipinski definition) is 4. The van der Waals surface area contributed by atoms with E-state index in [-0.39, 0.29) is 5.78 Å². The number of aromatic nitrogens is 4. The van der Waals surface area contributed by atoms with Crippen LogP contribution in [-0.4, -0.2) is 25.6 Å². The van der Waals surface area contributed by atoms with Gasteiger partial charge in [0.15, 0.2) is 5.78 Å². The van der Waals surface area contributed by atoms with E-state index in [1.165, 1.54) is 0 Å². The molecule has 0 aliphatic heterocycles. The third kappa shape index (κ3) is 1.66. The minimum absolute atomic E-state index is 0.159. The highest BCUT2D eigenvalue weighted by atomic mass is 35.5. The summed E-state index contributed by atoms with van der Waals surface area (Å²) in [5, 5.41) is 12.1. The lowest BCUT2D eigenvalue weighted by Gasteiger charge is -2.23. The minimum Gasteiger partial charge on any atom is -0.294 e. The number of ketones is 1. The summed E-state index contributed by atoms with van der Waals surface area (Å²) in [4.78, 5) is 17.9. The molecule has 2 aromatic carbocycles. The van der Waals surface area contributed by atoms with Gasteiger partial charge in [0, 0.05) is 33.2 Å². The Hall–Kier alpha value is -2.79. The van der Waals surface area contributed by atoms with E-state index >= 15 is 0 Å². The highest BCUT2D eigenvalue weighted by Crippen LogP contribution is 2.40. The van der Waals surface area contributed by atoms with E-state index in [4.69, 9.17) is 16.6 Å². The average molecular weight is 361 g/mol. The first-order valence-corrected chi connectivity index (χ1v) is 9.04. The van der Waals surface area contributed by atoms with E-state index < -0.39 is 0 Å². The summed E-state index contributed by atoms with van der Waals surface area (Å²) in [6.07, 6.45) is 1.37. The van der Waals surface area contributed by atoms with Gasteiger partial charge >= 0.3 is 0 Å². The maximum absolute atomic E-state index is 13.0. The molecule has 0 bridgehead atoms. The topological polar surface area (TPSA) is 60.2 Å². The number of nitrogens with zero attached hydrogens (tertiary/aromatic N) is 4. The number of hydrogen-bond donors (Lipinski definition) is 0. The zero-order valence-corrected chi connectivity index (χ0v) is 14.7. The van der Waals surface area contributed by atoms with E-state index in [0.717, 1.165) is 55.9 Å². The van der Waals surface area contributed by atoms with Gasteiger partial charge < -0.3 is 0 Å². The SMILES string of the molecule is CC1CC(=O)c2c(nc3ccc4nnn5c6ccc(Cl)cc6c2c3c45)C1. The average Bonchev–Trinajstić information content (AvgIpc) is 3.04. The molecule has 0 spiro atoms. The molecule has 1 unspecified atom stereocenters. The van der Waals surface area contributed by atoms with Crippen LogP contribution in [0.1, 0.15) is 29.4 Å². The summed E-state index contributed by atoms with van der Waals surface area (Å²) in [5.41, 5.74) is 5.13. The minimum atomic E-state index is 0.159. The van der Waals surface area contributed by atoms with Crippen LogP contribution in [0.25, 0.3) is 38.2 Å². The molecule has 6 heteroatoms. The second kappa shape index (κ2) is 4.68. The molecule has 3 heterocycles. The highest BCUT2D eigenvalue weighted by molar-refractivity contribution is 6.33. The van der Waals surface area contributed by atoms with E-state index in [1.54, 1.807) is 0 Å². The summed E-state index contributed by atoms with van der Waals surface area (Å²) in [6.45, 7) is 2.10. The van der Waals surface area contributed by atoms with E-state index in [9.17, 15) is 4.79 Å². The smallest absolute Gasteiger partial charge is 0.165 e. The normalized spacial score (nSPS) is 17.8. The number of Topliss-reactive ketones (excluding diaryl/α,β-unsaturated/α-hetero) is 1. The molecule has 6 rings (SSSR count). The quantitative estimate of drug-likeness (QED) is 0.302. The second-order valence-corrected chi connectivity index (χ2v) is 7.67. The zero-order chi connectivity index (χ0) is 17.6. The van der Waals surface area contributed by atoms with Crippen molar-refractivity contribution in [1.82, 2.24) is 19.8 Å². The van der Waals surface area contributed by atoms with Gasteiger partial charge in [0.1, 0.15) is 11.0 Å². The lowest BCUT2D eigenvalue weighted by atomic mass is 9.83. The molecule has 0 radical (unpaired) electrons. The molecule has 0 saturated heterocycles. The monoisotopic (exact) mass is 360 g/mol. The van der Waals surface area contributed by atoms with Gasteiger partial charge in [-0.25, -0.2) is 4.52 Å². The molecule has 5 aromatic rings. The van der Waals surface area contributed by atoms with Crippen LogP contribution < -0.4 is 0 Å². The maximum Gasteiger partial charge on any atom is 0.165 e. The third-order valence-electron chi connectivity index (χ3n) is 5.44. The Morgan fingerprint density at radius 1 is 1.12 bits per heavy atom. The Morgan fingerprint density at radius 3 is 2.85 bits per heavy atom. The van der Waals surface area contributed by atoms with Gasteiger partial charge in [-0.3, -0.25) is 9.78 Å². The van der Waals surface area contributed by atoms with Crippen molar-refractivity contribution in [3.8, 4) is 0 Å². The molecule has 0 saturated carbocycles. The van der Waals surface area contributed by atoms with Crippen molar-refractivity contribution in [2.24, 2.45) is 5.92 Å². The first-order valence-electron chi connectivity index (χ1n) is 8.66. The summed E-state index contributed by atoms with van der Waals surface area (Å²) in [6, 6.07) is 9.62. The predicted octanol–water partition coefficient (Wildman–Crippen LogP) is 4.44. The largest absolute Gasteiger partial charge is 0.294 e. The van der Waals surface area contributed by atoms with E-state index in [1.807, 2.05) is 34.8 Å². The molecule has 0 fully saturated rings. The van der Waals surface area contributed by atoms with Crippen molar-refractivity contribution in [1.29, 1.82) is 0 Å². The Morgan fingerprint density at radius 2 is 1.96 bits per heavy atom. The van der Waals surface area contributed by atoms with Crippen molar-refractivity contribution >= 4 is 55.6 Å². The maximum atomic E-state index is 13.0. The second-order valence-electron chi connectivity index (χ2n) is 7.24. The van der Waals surface area contributed by atoms with Crippen LogP contribution in [0.2, 0.25) is 5.02 Å². The number of pyridine rings is 2. The molecule has 126 valence electrons. The summed E-state index contributed by atoms with van der Waals surface area (Å²) < 4.78 is 1.83. The molecule has 0 amide bonds. The fourth-order valence-corrected chi connectivity index (χ4v) is 4.58. The Balaban J connectivity index is 2.00. The molecule has 1 atom stereocenters. The van der Waals surface area contributed by atoms with E-state index in [2.05, 4.69) is 17.2 Å². The Labute approximate surface area is 152 Å². The lowest BCUT2D eigenvalue weighted by molar-refractivity contribution is 0.0954. The molecular weight excluding hydrogens is 348 g/mol. The number of carbonyl (C=O) groups is 1. The van der Waals surface area contributed by atoms with Gasteiger partial charge in [-0.2, -0.15) is 0 Å². The molecule has 3 aromatic heterocycles. The van der Waals surface area contributed by atoms with Gasteiger partial charge in [0.25, 0.3) is 0 Å². The van der Waals surface area contributed by atoms with E-state index in [0.29, 0.717) is 17.4 Å². The lowest BCUT2D eigenvalue weighted by Crippen LogP contribution is -2.20. The number of benzene rings is 2. The van der Waals surface area contributed by atoms with Crippen molar-refractivity contribution in [2.45, 2.75) is 19.8 Å². The van der Waals surface area contributed by atoms with Crippen LogP contribution >= 0.6 is 11.6 Å². The molecule has 5 nitrogen and oxygen atoms in total. The zero-order valence-electron chi connectivity index (χ0n) is 14.0. The van der Waals surface area contributed by atoms with Gasteiger partial charge in [0.2, 0.25) is 0 Å². The Kier molecular flexibility index (Phi) is 2.59. The standard InChI is InChI=1S/C20H13ClN4O/c1-9-6-14-18(16(26)7-9)17-11-8-10(21)2-5-15(11)25-20-13(23-24-25)4-3-12(22-14)19(17)20/h2-5,8-9H,6-7H2,1H3. The fraction of sp³-hybridized carbons (Fsp3) is 0.200. The van der Waals surface area contributed by atoms with Crippen LogP contribution in [0.15, 0.2) is 30.3 Å². The first-order chi connectivity index (χ1) is 12.6. The van der Waals surface area contributed by atoms with Gasteiger partial charge in [-0.15, -0.1) is 5.10 Å². The first kappa shape index (κ1) is 14.4. The van der Waals surface area contributed by atoms with Gasteiger partial charge in [-0.05, 0) is 42.7 Å². The highest BCUT2D eigenvalue weighted by Gasteiger charge is 2.29. The van der Waals surface area contributed by atoms with Gasteiger partial charge in [-0.1, -0.05) is 23.7 Å². The number of fused-ring (bicyclic) bond motifs is 5. The molecular formula is C20H13ClN4O. The summed E-state index contributed by atoms with van der Waals surface area (Å²) >= 11 is 6.31. The summed E-state index contributed by atoms with van der Waals surface area (Å²) in [5.74, 6) is 0.470. The van der Waals surface area contributed by atoms with Gasteiger partial charge in [0.05, 0.1) is 16.7 Å². The number of carbonyl (C=O) groups excluding carboxylic acids is 1. The fourth-order valence-electron chi connectivity index (χ4n) is 4.41. The Bertz CT molecular complexity index is 1390. The van der Waals surface area contributed by atoms with Crippen molar-refractivity contribution in [3.63, 3.8) is 0 Å².